The molecular formula is C85H91N15O6. The van der Waals surface area contributed by atoms with Crippen LogP contribution in [0, 0.1) is 55.3 Å². The van der Waals surface area contributed by atoms with Crippen LogP contribution in [-0.4, -0.2) is 132 Å². The molecular weight excluding hydrogens is 1330 g/mol. The molecule has 0 atom stereocenters. The van der Waals surface area contributed by atoms with Gasteiger partial charge in [0.15, 0.2) is 0 Å². The Bertz CT molecular complexity index is 4440. The van der Waals surface area contributed by atoms with Crippen LogP contribution in [0.4, 0.5) is 22.9 Å². The van der Waals surface area contributed by atoms with Crippen molar-refractivity contribution < 1.29 is 28.8 Å². The Labute approximate surface area is 620 Å². The fourth-order valence-electron chi connectivity index (χ4n) is 13.5. The number of nitriles is 2. The molecule has 4 aliphatic rings. The first-order valence-electron chi connectivity index (χ1n) is 36.6. The standard InChI is InChI=1S/2C29H31N5O2.C27H29N5O2/c1-19(2)14-25-8-7-24(18-31-25)28(35)33-27-15-23(6-4-20(27)3)29(36)34-12-10-22(11-13-34)26-9-5-21(16-30)17-32-26;1-19(2)14-25-8-7-24(18-31-25)28(35)33-27-15-22(5-4-20(27)3)29(36)34-12-10-21(11-13-34)23-6-9-26(16-30)32-17-23;1-19-3-4-22(27(34)32-15-9-21(10-16-32)20-7-11-28-12-8-20)17-24(19)30-26(33)23-5-6-25(29-18-23)31-13-2-14-31/h4-9,15,17-19,22H,10-14H2,1-3H3,(H,33,35);4-9,15,17-19,21H,10-14H2,1-3H3,(H,33,35);3-8,11-12,17-18,21H,2,9-10,13-16H2,1H3,(H,30,33). The van der Waals surface area contributed by atoms with E-state index in [4.69, 9.17) is 10.5 Å². The molecule has 21 nitrogen and oxygen atoms in total. The van der Waals surface area contributed by atoms with Gasteiger partial charge in [0.25, 0.3) is 35.4 Å². The van der Waals surface area contributed by atoms with E-state index in [1.54, 1.807) is 79.5 Å². The van der Waals surface area contributed by atoms with Gasteiger partial charge in [-0.1, -0.05) is 52.0 Å². The van der Waals surface area contributed by atoms with Gasteiger partial charge in [-0.3, -0.25) is 48.7 Å². The first-order chi connectivity index (χ1) is 51.2. The lowest BCUT2D eigenvalue weighted by molar-refractivity contribution is 0.0705. The molecule has 542 valence electrons. The Balaban J connectivity index is 0.000000159. The van der Waals surface area contributed by atoms with Crippen molar-refractivity contribution >= 4 is 58.3 Å². The third kappa shape index (κ3) is 19.7. The van der Waals surface area contributed by atoms with Crippen LogP contribution in [0.3, 0.4) is 0 Å². The highest BCUT2D eigenvalue weighted by molar-refractivity contribution is 6.07. The molecule has 4 fully saturated rings. The molecule has 0 saturated carbocycles. The molecule has 0 radical (unpaired) electrons. The van der Waals surface area contributed by atoms with Gasteiger partial charge in [-0.25, -0.2) is 9.97 Å². The summed E-state index contributed by atoms with van der Waals surface area (Å²) in [6.07, 6.45) is 19.9. The number of pyridine rings is 6. The van der Waals surface area contributed by atoms with Gasteiger partial charge in [0, 0.05) is 152 Å². The molecule has 0 spiro atoms. The van der Waals surface area contributed by atoms with Gasteiger partial charge in [0.2, 0.25) is 0 Å². The van der Waals surface area contributed by atoms with Gasteiger partial charge in [0.05, 0.1) is 22.3 Å². The normalized spacial score (nSPS) is 14.6. The van der Waals surface area contributed by atoms with E-state index in [0.29, 0.717) is 112 Å². The second-order valence-electron chi connectivity index (χ2n) is 28.6. The van der Waals surface area contributed by atoms with Gasteiger partial charge < -0.3 is 35.6 Å². The molecule has 3 aromatic carbocycles. The molecule has 4 aliphatic heterocycles. The quantitative estimate of drug-likeness (QED) is 0.0764. The number of piperidine rings is 3. The topological polar surface area (TPSA) is 276 Å². The van der Waals surface area contributed by atoms with Crippen LogP contribution in [0.25, 0.3) is 0 Å². The maximum atomic E-state index is 13.2. The Kier molecular flexibility index (Phi) is 25.3. The maximum Gasteiger partial charge on any atom is 0.257 e. The fourth-order valence-corrected chi connectivity index (χ4v) is 13.5. The van der Waals surface area contributed by atoms with E-state index in [9.17, 15) is 28.8 Å². The van der Waals surface area contributed by atoms with Crippen molar-refractivity contribution in [2.75, 3.05) is 73.2 Å². The minimum atomic E-state index is -0.248. The molecule has 6 aromatic heterocycles. The van der Waals surface area contributed by atoms with Crippen molar-refractivity contribution in [3.8, 4) is 12.1 Å². The lowest BCUT2D eigenvalue weighted by Crippen LogP contribution is -2.38. The zero-order valence-electron chi connectivity index (χ0n) is 61.4. The summed E-state index contributed by atoms with van der Waals surface area (Å²) in [7, 11) is 0. The average molecular weight is 1420 g/mol. The highest BCUT2D eigenvalue weighted by atomic mass is 16.2. The number of aromatic nitrogens is 6. The number of carbonyl (C=O) groups excluding carboxylic acids is 6. The van der Waals surface area contributed by atoms with Crippen molar-refractivity contribution in [1.29, 1.82) is 10.5 Å². The smallest absolute Gasteiger partial charge is 0.257 e. The summed E-state index contributed by atoms with van der Waals surface area (Å²) >= 11 is 0. The molecule has 13 rings (SSSR count). The van der Waals surface area contributed by atoms with E-state index in [-0.39, 0.29) is 41.4 Å². The number of nitrogens with zero attached hydrogens (tertiary/aromatic N) is 12. The summed E-state index contributed by atoms with van der Waals surface area (Å²) in [5.41, 5.74) is 14.0. The third-order valence-electron chi connectivity index (χ3n) is 20.0. The van der Waals surface area contributed by atoms with Crippen LogP contribution < -0.4 is 20.9 Å². The summed E-state index contributed by atoms with van der Waals surface area (Å²) in [5, 5.41) is 26.7. The van der Waals surface area contributed by atoms with Crippen molar-refractivity contribution in [2.24, 2.45) is 11.8 Å². The Morgan fingerprint density at radius 2 is 0.849 bits per heavy atom. The molecule has 106 heavy (non-hydrogen) atoms. The first kappa shape index (κ1) is 75.3. The zero-order chi connectivity index (χ0) is 74.8. The van der Waals surface area contributed by atoms with Crippen LogP contribution in [-0.2, 0) is 12.8 Å². The molecule has 0 bridgehead atoms. The fraction of sp³-hybridized carbons (Fsp3) is 0.341. The number of hydrogen-bond donors (Lipinski definition) is 3. The predicted molar refractivity (Wildman–Crippen MR) is 410 cm³/mol. The third-order valence-corrected chi connectivity index (χ3v) is 20.0. The van der Waals surface area contributed by atoms with Crippen molar-refractivity contribution in [3.63, 3.8) is 0 Å². The van der Waals surface area contributed by atoms with Gasteiger partial charge in [-0.15, -0.1) is 0 Å². The lowest BCUT2D eigenvalue weighted by Gasteiger charge is -2.32. The molecule has 3 N–H and O–H groups in total. The maximum absolute atomic E-state index is 13.2. The van der Waals surface area contributed by atoms with E-state index in [0.717, 1.165) is 123 Å². The summed E-state index contributed by atoms with van der Waals surface area (Å²) in [4.78, 5) is 112. The predicted octanol–water partition coefficient (Wildman–Crippen LogP) is 14.5. The second kappa shape index (κ2) is 35.6. The Morgan fingerprint density at radius 3 is 1.20 bits per heavy atom. The van der Waals surface area contributed by atoms with E-state index < -0.39 is 0 Å². The van der Waals surface area contributed by atoms with Gasteiger partial charge >= 0.3 is 0 Å². The van der Waals surface area contributed by atoms with E-state index >= 15 is 0 Å². The molecule has 0 unspecified atom stereocenters. The number of nitrogens with one attached hydrogen (secondary N) is 3. The largest absolute Gasteiger partial charge is 0.356 e. The average Bonchev–Trinajstić information content (AvgIpc) is 0.830. The number of amides is 6. The summed E-state index contributed by atoms with van der Waals surface area (Å²) < 4.78 is 0. The van der Waals surface area contributed by atoms with Gasteiger partial charge in [0.1, 0.15) is 23.7 Å². The number of anilines is 4. The molecule has 9 aromatic rings. The van der Waals surface area contributed by atoms with Crippen molar-refractivity contribution in [1.82, 2.24) is 44.6 Å². The summed E-state index contributed by atoms with van der Waals surface area (Å²) in [5.74, 6) is 2.15. The van der Waals surface area contributed by atoms with Crippen molar-refractivity contribution in [3.05, 3.63) is 260 Å². The number of hydrogen-bond acceptors (Lipinski definition) is 15. The monoisotopic (exact) mass is 1420 g/mol. The minimum absolute atomic E-state index is 0.00393. The van der Waals surface area contributed by atoms with E-state index in [1.807, 2.05) is 121 Å². The zero-order valence-corrected chi connectivity index (χ0v) is 61.4. The van der Waals surface area contributed by atoms with Crippen LogP contribution in [0.15, 0.2) is 171 Å². The number of benzene rings is 3. The molecule has 4 saturated heterocycles. The van der Waals surface area contributed by atoms with Gasteiger partial charge in [-0.05, 0) is 233 Å². The van der Waals surface area contributed by atoms with E-state index in [2.05, 4.69) is 96.7 Å². The Morgan fingerprint density at radius 1 is 0.425 bits per heavy atom. The van der Waals surface area contributed by atoms with Crippen LogP contribution >= 0.6 is 0 Å². The lowest BCUT2D eigenvalue weighted by atomic mass is 9.90. The second-order valence-corrected chi connectivity index (χ2v) is 28.6. The van der Waals surface area contributed by atoms with Gasteiger partial charge in [-0.2, -0.15) is 10.5 Å². The summed E-state index contributed by atoms with van der Waals surface area (Å²) in [6, 6.07) is 43.0. The molecule has 6 amide bonds. The Hall–Kier alpha value is -11.8. The minimum Gasteiger partial charge on any atom is -0.356 e. The molecule has 10 heterocycles. The van der Waals surface area contributed by atoms with E-state index in [1.165, 1.54) is 12.0 Å². The van der Waals surface area contributed by atoms with Crippen LogP contribution in [0.5, 0.6) is 0 Å². The SMILES string of the molecule is Cc1ccc(C(=O)N2CCC(c3ccc(C#N)cn3)CC2)cc1NC(=O)c1ccc(CC(C)C)nc1.Cc1ccc(C(=O)N2CCC(c3ccc(C#N)nc3)CC2)cc1NC(=O)c1ccc(CC(C)C)nc1.Cc1ccc(C(=O)N2CCC(c3ccncc3)CC2)cc1NC(=O)c1ccc(N2CCC2)nc1. The molecule has 0 aliphatic carbocycles. The van der Waals surface area contributed by atoms with Crippen LogP contribution in [0.1, 0.15) is 209 Å². The molecule has 21 heteroatoms. The number of rotatable bonds is 17. The highest BCUT2D eigenvalue weighted by Gasteiger charge is 2.30. The first-order valence-corrected chi connectivity index (χ1v) is 36.6. The highest BCUT2D eigenvalue weighted by Crippen LogP contribution is 2.33. The summed E-state index contributed by atoms with van der Waals surface area (Å²) in [6.45, 7) is 20.3. The number of carbonyl (C=O) groups is 6. The van der Waals surface area contributed by atoms with Crippen molar-refractivity contribution in [2.45, 2.75) is 124 Å². The number of aryl methyl sites for hydroxylation is 3. The van der Waals surface area contributed by atoms with Crippen LogP contribution in [0.2, 0.25) is 0 Å². The number of likely N-dealkylation sites (tertiary alicyclic amines) is 3.